The van der Waals surface area contributed by atoms with E-state index in [0.717, 1.165) is 16.8 Å². The van der Waals surface area contributed by atoms with Gasteiger partial charge in [0.2, 0.25) is 0 Å². The lowest BCUT2D eigenvalue weighted by molar-refractivity contribution is 0.0939. The minimum Gasteiger partial charge on any atom is -0.383 e. The van der Waals surface area contributed by atoms with Crippen LogP contribution in [0.1, 0.15) is 16.1 Å². The van der Waals surface area contributed by atoms with Crippen LogP contribution in [-0.2, 0) is 17.8 Å². The van der Waals surface area contributed by atoms with Crippen molar-refractivity contribution in [2.24, 2.45) is 0 Å². The Morgan fingerprint density at radius 1 is 1.12 bits per heavy atom. The van der Waals surface area contributed by atoms with Gasteiger partial charge in [0.05, 0.1) is 17.7 Å². The predicted molar refractivity (Wildman–Crippen MR) is 127 cm³/mol. The van der Waals surface area contributed by atoms with Gasteiger partial charge < -0.3 is 14.6 Å². The highest BCUT2D eigenvalue weighted by Crippen LogP contribution is 2.18. The fourth-order valence-corrected chi connectivity index (χ4v) is 3.84. The van der Waals surface area contributed by atoms with E-state index >= 15 is 0 Å². The van der Waals surface area contributed by atoms with E-state index in [9.17, 15) is 9.59 Å². The first kappa shape index (κ1) is 21.5. The summed E-state index contributed by atoms with van der Waals surface area (Å²) in [5.74, 6) is -0.307. The van der Waals surface area contributed by atoms with Gasteiger partial charge in [0.1, 0.15) is 17.0 Å². The van der Waals surface area contributed by atoms with E-state index in [4.69, 9.17) is 4.74 Å². The summed E-state index contributed by atoms with van der Waals surface area (Å²) < 4.78 is 8.42. The van der Waals surface area contributed by atoms with Crippen molar-refractivity contribution < 1.29 is 9.53 Å². The van der Waals surface area contributed by atoms with E-state index < -0.39 is 0 Å². The van der Waals surface area contributed by atoms with E-state index in [1.54, 1.807) is 54.7 Å². The van der Waals surface area contributed by atoms with Crippen molar-refractivity contribution in [1.82, 2.24) is 29.2 Å². The van der Waals surface area contributed by atoms with Crippen LogP contribution < -0.4 is 10.9 Å². The first-order chi connectivity index (χ1) is 16.7. The molecule has 9 heteroatoms. The Balaban J connectivity index is 1.42. The Bertz CT molecular complexity index is 1520. The lowest BCUT2D eigenvalue weighted by Crippen LogP contribution is -2.26. The number of nitrogens with zero attached hydrogens (tertiary/aromatic N) is 5. The predicted octanol–water partition coefficient (Wildman–Crippen LogP) is 2.68. The number of nitrogens with one attached hydrogen (secondary N) is 1. The second kappa shape index (κ2) is 9.24. The number of fused-ring (bicyclic) bond motifs is 2. The molecule has 1 N–H and O–H groups in total. The monoisotopic (exact) mass is 454 g/mol. The lowest BCUT2D eigenvalue weighted by Gasteiger charge is -2.11. The highest BCUT2D eigenvalue weighted by Gasteiger charge is 2.19. The summed E-state index contributed by atoms with van der Waals surface area (Å²) in [5.41, 5.74) is 3.69. The summed E-state index contributed by atoms with van der Waals surface area (Å²) in [6, 6.07) is 14.5. The SMILES string of the molecule is COCCn1c(C(=O)NCc2ccc(-c3cccnc3)nc2)cc2c(=O)n3ccccc3nc21. The zero-order chi connectivity index (χ0) is 23.5. The number of pyridine rings is 3. The average Bonchev–Trinajstić information content (AvgIpc) is 3.25. The topological polar surface area (TPSA) is 103 Å². The van der Waals surface area contributed by atoms with Crippen LogP contribution in [0.3, 0.4) is 0 Å². The minimum absolute atomic E-state index is 0.221. The fraction of sp³-hybridized carbons (Fsp3) is 0.160. The number of amides is 1. The smallest absolute Gasteiger partial charge is 0.268 e. The Morgan fingerprint density at radius 3 is 2.79 bits per heavy atom. The van der Waals surface area contributed by atoms with Crippen LogP contribution in [0.25, 0.3) is 27.9 Å². The normalized spacial score (nSPS) is 11.2. The summed E-state index contributed by atoms with van der Waals surface area (Å²) in [4.78, 5) is 39.3. The molecule has 0 aliphatic rings. The fourth-order valence-electron chi connectivity index (χ4n) is 3.84. The highest BCUT2D eigenvalue weighted by atomic mass is 16.5. The second-order valence-electron chi connectivity index (χ2n) is 7.73. The molecular formula is C25H22N6O3. The first-order valence-corrected chi connectivity index (χ1v) is 10.8. The molecule has 0 unspecified atom stereocenters. The van der Waals surface area contributed by atoms with Gasteiger partial charge in [-0.25, -0.2) is 4.98 Å². The third-order valence-corrected chi connectivity index (χ3v) is 5.56. The van der Waals surface area contributed by atoms with E-state index in [1.807, 2.05) is 30.3 Å². The molecule has 0 atom stereocenters. The number of aromatic nitrogens is 5. The van der Waals surface area contributed by atoms with E-state index in [-0.39, 0.29) is 11.5 Å². The maximum atomic E-state index is 13.1. The van der Waals surface area contributed by atoms with Gasteiger partial charge in [-0.2, -0.15) is 0 Å². The van der Waals surface area contributed by atoms with Gasteiger partial charge in [0, 0.05) is 50.6 Å². The first-order valence-electron chi connectivity index (χ1n) is 10.8. The quantitative estimate of drug-likeness (QED) is 0.406. The number of ether oxygens (including phenoxy) is 1. The average molecular weight is 454 g/mol. The molecule has 9 nitrogen and oxygen atoms in total. The van der Waals surface area contributed by atoms with Gasteiger partial charge in [0.25, 0.3) is 11.5 Å². The second-order valence-corrected chi connectivity index (χ2v) is 7.73. The van der Waals surface area contributed by atoms with Gasteiger partial charge in [-0.1, -0.05) is 12.1 Å². The Kier molecular flexibility index (Phi) is 5.84. The maximum Gasteiger partial charge on any atom is 0.268 e. The summed E-state index contributed by atoms with van der Waals surface area (Å²) in [6.07, 6.45) is 6.86. The molecule has 170 valence electrons. The summed E-state index contributed by atoms with van der Waals surface area (Å²) in [5, 5.41) is 3.31. The van der Waals surface area contributed by atoms with E-state index in [1.165, 1.54) is 4.40 Å². The largest absolute Gasteiger partial charge is 0.383 e. The van der Waals surface area contributed by atoms with Gasteiger partial charge in [0.15, 0.2) is 0 Å². The number of carbonyl (C=O) groups excluding carboxylic acids is 1. The molecule has 34 heavy (non-hydrogen) atoms. The van der Waals surface area contributed by atoms with Crippen LogP contribution in [0.2, 0.25) is 0 Å². The van der Waals surface area contributed by atoms with Gasteiger partial charge >= 0.3 is 0 Å². The molecule has 0 aliphatic carbocycles. The zero-order valence-electron chi connectivity index (χ0n) is 18.5. The van der Waals surface area contributed by atoms with Crippen molar-refractivity contribution in [1.29, 1.82) is 0 Å². The number of rotatable bonds is 7. The number of hydrogen-bond acceptors (Lipinski definition) is 6. The van der Waals surface area contributed by atoms with Crippen molar-refractivity contribution in [2.75, 3.05) is 13.7 Å². The van der Waals surface area contributed by atoms with Gasteiger partial charge in [-0.15, -0.1) is 0 Å². The Morgan fingerprint density at radius 2 is 2.03 bits per heavy atom. The molecule has 0 fully saturated rings. The van der Waals surface area contributed by atoms with Crippen LogP contribution in [0.15, 0.2) is 78.1 Å². The van der Waals surface area contributed by atoms with Crippen molar-refractivity contribution in [3.8, 4) is 11.3 Å². The number of methoxy groups -OCH3 is 1. The van der Waals surface area contributed by atoms with Gasteiger partial charge in [-0.05, 0) is 42.0 Å². The molecule has 5 aromatic rings. The zero-order valence-corrected chi connectivity index (χ0v) is 18.5. The van der Waals surface area contributed by atoms with Gasteiger partial charge in [-0.3, -0.25) is 24.0 Å². The van der Waals surface area contributed by atoms with E-state index in [0.29, 0.717) is 42.1 Å². The molecule has 0 bridgehead atoms. The van der Waals surface area contributed by atoms with Crippen molar-refractivity contribution in [3.05, 3.63) is 94.9 Å². The molecule has 0 radical (unpaired) electrons. The summed E-state index contributed by atoms with van der Waals surface area (Å²) in [6.45, 7) is 1.05. The molecule has 1 amide bonds. The van der Waals surface area contributed by atoms with Crippen molar-refractivity contribution in [2.45, 2.75) is 13.1 Å². The number of hydrogen-bond donors (Lipinski definition) is 1. The highest BCUT2D eigenvalue weighted by molar-refractivity contribution is 5.98. The molecule has 5 rings (SSSR count). The Hall–Kier alpha value is -4.37. The van der Waals surface area contributed by atoms with Crippen LogP contribution in [-0.4, -0.2) is 43.5 Å². The molecule has 0 spiro atoms. The van der Waals surface area contributed by atoms with Crippen molar-refractivity contribution >= 4 is 22.6 Å². The maximum absolute atomic E-state index is 13.1. The molecule has 5 heterocycles. The van der Waals surface area contributed by atoms with Crippen LogP contribution in [0.4, 0.5) is 0 Å². The molecule has 0 aromatic carbocycles. The number of carbonyl (C=O) groups is 1. The molecular weight excluding hydrogens is 432 g/mol. The van der Waals surface area contributed by atoms with E-state index in [2.05, 4.69) is 20.3 Å². The standard InChI is InChI=1S/C25H22N6O3/c1-34-12-11-30-21(13-19-23(30)29-22-6-2-3-10-31(22)25(19)33)24(32)28-15-17-7-8-20(27-14-17)18-5-4-9-26-16-18/h2-10,13-14,16H,11-12,15H2,1H3,(H,28,32). The van der Waals surface area contributed by atoms with Crippen LogP contribution >= 0.6 is 0 Å². The minimum atomic E-state index is -0.307. The lowest BCUT2D eigenvalue weighted by atomic mass is 10.1. The molecule has 0 saturated heterocycles. The van der Waals surface area contributed by atoms with Crippen LogP contribution in [0.5, 0.6) is 0 Å². The molecule has 0 aliphatic heterocycles. The third kappa shape index (κ3) is 4.04. The third-order valence-electron chi connectivity index (χ3n) is 5.56. The molecule has 0 saturated carbocycles. The van der Waals surface area contributed by atoms with Crippen molar-refractivity contribution in [3.63, 3.8) is 0 Å². The Labute approximate surface area is 194 Å². The van der Waals surface area contributed by atoms with Crippen LogP contribution in [0, 0.1) is 0 Å². The molecule has 5 aromatic heterocycles. The summed E-state index contributed by atoms with van der Waals surface area (Å²) in [7, 11) is 1.59. The summed E-state index contributed by atoms with van der Waals surface area (Å²) >= 11 is 0.